The maximum Gasteiger partial charge on any atom is 1.00 e. The van der Waals surface area contributed by atoms with Crippen LogP contribution in [0.15, 0.2) is 24.3 Å². The Kier molecular flexibility index (Phi) is 33.8. The molecule has 0 aromatic heterocycles. The summed E-state index contributed by atoms with van der Waals surface area (Å²) in [6, 6.07) is 8.26. The standard InChI is InChI=1S/C27H49O10P.2Na/c1-2-3-4-5-6-7-8-11-26-12-9-10-13-27(26)36-24-22-34-20-18-32-16-14-31-15-17-33-19-21-35-23-25-37-38(28,29)30;;/h9-10,12-13H,2-8,11,14-25H2,1H3,(H2,28,29,30);;/q;2*+1/p-2. The Bertz CT molecular complexity index is 712. The van der Waals surface area contributed by atoms with Crippen molar-refractivity contribution in [2.24, 2.45) is 0 Å². The van der Waals surface area contributed by atoms with Crippen molar-refractivity contribution in [1.29, 1.82) is 0 Å². The van der Waals surface area contributed by atoms with Crippen molar-refractivity contribution >= 4 is 7.82 Å². The van der Waals surface area contributed by atoms with E-state index in [4.69, 9.17) is 28.4 Å². The summed E-state index contributed by atoms with van der Waals surface area (Å²) in [5.41, 5.74) is 1.27. The van der Waals surface area contributed by atoms with Crippen molar-refractivity contribution in [2.75, 3.05) is 79.3 Å². The number of aryl methyl sites for hydroxylation is 1. The second-order valence-corrected chi connectivity index (χ2v) is 9.82. The largest absolute Gasteiger partial charge is 1.00 e. The number of hydrogen-bond donors (Lipinski definition) is 0. The van der Waals surface area contributed by atoms with Crippen LogP contribution in [0, 0.1) is 0 Å². The van der Waals surface area contributed by atoms with Gasteiger partial charge in [-0.05, 0) is 24.5 Å². The van der Waals surface area contributed by atoms with Gasteiger partial charge in [0, 0.05) is 0 Å². The van der Waals surface area contributed by atoms with E-state index in [2.05, 4.69) is 23.6 Å². The number of rotatable bonds is 28. The van der Waals surface area contributed by atoms with Crippen LogP contribution in [-0.4, -0.2) is 79.3 Å². The summed E-state index contributed by atoms with van der Waals surface area (Å²) in [7, 11) is -4.93. The van der Waals surface area contributed by atoms with Gasteiger partial charge in [0.25, 0.3) is 0 Å². The average molecular weight is 609 g/mol. The first-order chi connectivity index (χ1) is 18.5. The van der Waals surface area contributed by atoms with Crippen molar-refractivity contribution in [2.45, 2.75) is 58.3 Å². The summed E-state index contributed by atoms with van der Waals surface area (Å²) >= 11 is 0. The molecule has 0 aliphatic heterocycles. The van der Waals surface area contributed by atoms with E-state index in [0.29, 0.717) is 59.5 Å². The molecule has 0 unspecified atom stereocenters. The van der Waals surface area contributed by atoms with Crippen LogP contribution < -0.4 is 73.6 Å². The van der Waals surface area contributed by atoms with Gasteiger partial charge in [-0.1, -0.05) is 63.6 Å². The van der Waals surface area contributed by atoms with E-state index < -0.39 is 7.82 Å². The van der Waals surface area contributed by atoms with Gasteiger partial charge >= 0.3 is 59.1 Å². The van der Waals surface area contributed by atoms with E-state index >= 15 is 0 Å². The van der Waals surface area contributed by atoms with Crippen LogP contribution in [0.1, 0.15) is 57.4 Å². The third-order valence-electron chi connectivity index (χ3n) is 5.47. The Morgan fingerprint density at radius 2 is 1.02 bits per heavy atom. The summed E-state index contributed by atoms with van der Waals surface area (Å²) in [5.74, 6) is 0.954. The molecule has 0 saturated heterocycles. The number of phosphoric ester groups is 1. The zero-order chi connectivity index (χ0) is 27.6. The normalized spacial score (nSPS) is 11.2. The van der Waals surface area contributed by atoms with Gasteiger partial charge in [0.05, 0.1) is 80.5 Å². The Labute approximate surface area is 285 Å². The molecule has 0 spiro atoms. The van der Waals surface area contributed by atoms with Gasteiger partial charge in [-0.25, -0.2) is 0 Å². The van der Waals surface area contributed by atoms with Crippen LogP contribution in [0.2, 0.25) is 0 Å². The third-order valence-corrected chi connectivity index (χ3v) is 5.97. The summed E-state index contributed by atoms with van der Waals surface area (Å²) < 4.78 is 47.1. The van der Waals surface area contributed by atoms with Crippen molar-refractivity contribution < 1.29 is 106 Å². The van der Waals surface area contributed by atoms with E-state index in [-0.39, 0.29) is 78.9 Å². The average Bonchev–Trinajstić information content (AvgIpc) is 2.89. The number of para-hydroxylation sites is 1. The van der Waals surface area contributed by atoms with Crippen LogP contribution in [0.3, 0.4) is 0 Å². The molecule has 0 aliphatic carbocycles. The first-order valence-corrected chi connectivity index (χ1v) is 15.2. The number of benzene rings is 1. The molecule has 0 heterocycles. The molecule has 1 aromatic carbocycles. The number of unbranched alkanes of at least 4 members (excludes halogenated alkanes) is 6. The zero-order valence-electron chi connectivity index (χ0n) is 25.0. The van der Waals surface area contributed by atoms with Crippen LogP contribution >= 0.6 is 7.82 Å². The number of ether oxygens (including phenoxy) is 6. The smallest absolute Gasteiger partial charge is 0.790 e. The fraction of sp³-hybridized carbons (Fsp3) is 0.778. The molecule has 0 radical (unpaired) electrons. The van der Waals surface area contributed by atoms with Gasteiger partial charge in [-0.15, -0.1) is 0 Å². The Morgan fingerprint density at radius 3 is 1.52 bits per heavy atom. The number of phosphoric acid groups is 1. The van der Waals surface area contributed by atoms with Gasteiger partial charge in [-0.2, -0.15) is 0 Å². The molecule has 222 valence electrons. The fourth-order valence-corrected chi connectivity index (χ4v) is 3.82. The van der Waals surface area contributed by atoms with Crippen molar-refractivity contribution in [3.05, 3.63) is 29.8 Å². The van der Waals surface area contributed by atoms with Gasteiger partial charge in [-0.3, -0.25) is 0 Å². The molecule has 0 saturated carbocycles. The first kappa shape index (κ1) is 43.1. The van der Waals surface area contributed by atoms with Crippen LogP contribution in [-0.2, 0) is 39.2 Å². The zero-order valence-corrected chi connectivity index (χ0v) is 29.9. The summed E-state index contributed by atoms with van der Waals surface area (Å²) in [4.78, 5) is 20.5. The monoisotopic (exact) mass is 608 g/mol. The summed E-state index contributed by atoms with van der Waals surface area (Å²) in [6.07, 6.45) is 10.2. The second kappa shape index (κ2) is 31.4. The molecule has 13 heteroatoms. The molecule has 0 aliphatic rings. The SMILES string of the molecule is CCCCCCCCCc1ccccc1OCCOCCOCCOCCOCCOCCOP(=O)([O-])[O-].[Na+].[Na+]. The molecule has 1 rings (SSSR count). The van der Waals surface area contributed by atoms with E-state index in [1.807, 2.05) is 12.1 Å². The minimum Gasteiger partial charge on any atom is -0.790 e. The molecule has 0 bridgehead atoms. The second-order valence-electron chi connectivity index (χ2n) is 8.67. The molecular formula is C27H47Na2O10P. The molecule has 40 heavy (non-hydrogen) atoms. The fourth-order valence-electron chi connectivity index (χ4n) is 3.52. The van der Waals surface area contributed by atoms with Gasteiger partial charge < -0.3 is 47.3 Å². The van der Waals surface area contributed by atoms with Gasteiger partial charge in [0.1, 0.15) is 12.4 Å². The van der Waals surface area contributed by atoms with E-state index in [1.165, 1.54) is 50.5 Å². The van der Waals surface area contributed by atoms with E-state index in [9.17, 15) is 14.4 Å². The predicted molar refractivity (Wildman–Crippen MR) is 141 cm³/mol. The van der Waals surface area contributed by atoms with Crippen molar-refractivity contribution in [3.8, 4) is 5.75 Å². The molecule has 0 atom stereocenters. The molecule has 0 N–H and O–H groups in total. The maximum atomic E-state index is 10.2. The Morgan fingerprint density at radius 1 is 0.600 bits per heavy atom. The topological polar surface area (TPSA) is 128 Å². The summed E-state index contributed by atoms with van der Waals surface area (Å²) in [6.45, 7) is 6.34. The number of hydrogen-bond acceptors (Lipinski definition) is 10. The molecule has 0 amide bonds. The summed E-state index contributed by atoms with van der Waals surface area (Å²) in [5, 5.41) is 0. The first-order valence-electron chi connectivity index (χ1n) is 13.8. The van der Waals surface area contributed by atoms with Crippen LogP contribution in [0.5, 0.6) is 5.75 Å². The minimum absolute atomic E-state index is 0. The Hall–Kier alpha value is 0.930. The van der Waals surface area contributed by atoms with Crippen LogP contribution in [0.4, 0.5) is 0 Å². The maximum absolute atomic E-state index is 10.2. The third kappa shape index (κ3) is 29.0. The molecule has 10 nitrogen and oxygen atoms in total. The minimum atomic E-state index is -4.93. The van der Waals surface area contributed by atoms with Crippen molar-refractivity contribution in [1.82, 2.24) is 0 Å². The predicted octanol–water partition coefficient (Wildman–Crippen LogP) is -2.71. The molecular weight excluding hydrogens is 561 g/mol. The van der Waals surface area contributed by atoms with Crippen molar-refractivity contribution in [3.63, 3.8) is 0 Å². The van der Waals surface area contributed by atoms with E-state index in [1.54, 1.807) is 0 Å². The van der Waals surface area contributed by atoms with E-state index in [0.717, 1.165) is 12.2 Å². The molecule has 0 fully saturated rings. The molecule has 1 aromatic rings. The Balaban J connectivity index is 0. The van der Waals surface area contributed by atoms with Crippen LogP contribution in [0.25, 0.3) is 0 Å². The quantitative estimate of drug-likeness (QED) is 0.0563. The van der Waals surface area contributed by atoms with Gasteiger partial charge in [0.2, 0.25) is 0 Å². The van der Waals surface area contributed by atoms with Gasteiger partial charge in [0.15, 0.2) is 0 Å².